The van der Waals surface area contributed by atoms with Gasteiger partial charge in [0.2, 0.25) is 0 Å². The summed E-state index contributed by atoms with van der Waals surface area (Å²) in [6, 6.07) is 2.16. The van der Waals surface area contributed by atoms with Gasteiger partial charge in [0.25, 0.3) is 0 Å². The number of aryl methyl sites for hydroxylation is 1. The van der Waals surface area contributed by atoms with Crippen LogP contribution in [0.25, 0.3) is 16.8 Å². The summed E-state index contributed by atoms with van der Waals surface area (Å²) in [6.07, 6.45) is 13.6. The Morgan fingerprint density at radius 3 is 2.71 bits per heavy atom. The average molecular weight is 478 g/mol. The Hall–Kier alpha value is -2.69. The minimum absolute atomic E-state index is 0.397. The van der Waals surface area contributed by atoms with E-state index < -0.39 is 0 Å². The molecular formula is C24H31N9S. The van der Waals surface area contributed by atoms with Crippen molar-refractivity contribution in [1.29, 1.82) is 0 Å². The largest absolute Gasteiger partial charge is 0.334 e. The quantitative estimate of drug-likeness (QED) is 0.485. The second-order valence-corrected chi connectivity index (χ2v) is 10.2. The molecule has 0 spiro atoms. The van der Waals surface area contributed by atoms with E-state index in [1.165, 1.54) is 25.0 Å². The van der Waals surface area contributed by atoms with Gasteiger partial charge < -0.3 is 16.0 Å². The molecule has 2 fully saturated rings. The molecule has 178 valence electrons. The Morgan fingerprint density at radius 1 is 1.06 bits per heavy atom. The van der Waals surface area contributed by atoms with E-state index >= 15 is 0 Å². The minimum atomic E-state index is 0.397. The number of hydrogen-bond donors (Lipinski definition) is 3. The number of piperidine rings is 2. The minimum Gasteiger partial charge on any atom is -0.334 e. The van der Waals surface area contributed by atoms with Crippen LogP contribution in [0.2, 0.25) is 0 Å². The highest BCUT2D eigenvalue weighted by Gasteiger charge is 2.23. The van der Waals surface area contributed by atoms with Crippen LogP contribution in [0.15, 0.2) is 40.2 Å². The number of nitrogens with one attached hydrogen (secondary N) is 3. The molecule has 0 bridgehead atoms. The maximum absolute atomic E-state index is 5.10. The lowest BCUT2D eigenvalue weighted by Crippen LogP contribution is -2.32. The fourth-order valence-corrected chi connectivity index (χ4v) is 5.87. The van der Waals surface area contributed by atoms with Crippen molar-refractivity contribution in [3.8, 4) is 11.1 Å². The highest BCUT2D eigenvalue weighted by Crippen LogP contribution is 2.33. The van der Waals surface area contributed by atoms with Crippen LogP contribution in [0.5, 0.6) is 0 Å². The number of aromatic nitrogens is 5. The van der Waals surface area contributed by atoms with Crippen molar-refractivity contribution in [3.05, 3.63) is 41.5 Å². The zero-order chi connectivity index (χ0) is 22.9. The molecule has 3 aromatic rings. The first-order chi connectivity index (χ1) is 16.7. The predicted molar refractivity (Wildman–Crippen MR) is 137 cm³/mol. The third-order valence-electron chi connectivity index (χ3n) is 7.04. The number of rotatable bonds is 5. The number of hydrogen-bond acceptors (Lipinski definition) is 8. The molecular weight excluding hydrogens is 446 g/mol. The summed E-state index contributed by atoms with van der Waals surface area (Å²) in [5.74, 6) is 1.94. The van der Waals surface area contributed by atoms with E-state index in [4.69, 9.17) is 14.5 Å². The molecule has 3 aliphatic heterocycles. The Morgan fingerprint density at radius 2 is 1.97 bits per heavy atom. The van der Waals surface area contributed by atoms with Crippen LogP contribution in [0.4, 0.5) is 5.82 Å². The van der Waals surface area contributed by atoms with E-state index in [0.717, 1.165) is 72.3 Å². The Bertz CT molecular complexity index is 1230. The van der Waals surface area contributed by atoms with Gasteiger partial charge in [0.05, 0.1) is 23.1 Å². The zero-order valence-corrected chi connectivity index (χ0v) is 20.3. The van der Waals surface area contributed by atoms with Gasteiger partial charge in [-0.1, -0.05) is 0 Å². The number of nitrogens with zero attached hydrogens (tertiary/aromatic N) is 6. The lowest BCUT2D eigenvalue weighted by atomic mass is 9.91. The lowest BCUT2D eigenvalue weighted by Gasteiger charge is -2.26. The molecule has 0 saturated carbocycles. The van der Waals surface area contributed by atoms with Gasteiger partial charge in [-0.15, -0.1) is 0 Å². The molecule has 1 unspecified atom stereocenters. The van der Waals surface area contributed by atoms with Gasteiger partial charge in [-0.2, -0.15) is 14.7 Å². The van der Waals surface area contributed by atoms with Gasteiger partial charge in [0, 0.05) is 72.9 Å². The van der Waals surface area contributed by atoms with E-state index in [2.05, 4.69) is 33.2 Å². The van der Waals surface area contributed by atoms with Gasteiger partial charge >= 0.3 is 0 Å². The third-order valence-corrected chi connectivity index (χ3v) is 7.83. The first kappa shape index (κ1) is 21.8. The molecule has 6 heterocycles. The maximum Gasteiger partial charge on any atom is 0.165 e. The van der Waals surface area contributed by atoms with E-state index in [-0.39, 0.29) is 0 Å². The molecule has 10 heteroatoms. The van der Waals surface area contributed by atoms with Crippen molar-refractivity contribution >= 4 is 29.1 Å². The Labute approximate surface area is 203 Å². The monoisotopic (exact) mass is 477 g/mol. The summed E-state index contributed by atoms with van der Waals surface area (Å²) in [7, 11) is 1.93. The molecule has 0 amide bonds. The van der Waals surface area contributed by atoms with Crippen molar-refractivity contribution in [2.24, 2.45) is 17.4 Å². The molecule has 6 rings (SSSR count). The summed E-state index contributed by atoms with van der Waals surface area (Å²) in [5.41, 5.74) is 5.31. The highest BCUT2D eigenvalue weighted by atomic mass is 32.2. The lowest BCUT2D eigenvalue weighted by molar-refractivity contribution is 0.454. The molecule has 9 nitrogen and oxygen atoms in total. The molecule has 3 N–H and O–H groups in total. The van der Waals surface area contributed by atoms with Crippen LogP contribution in [0.1, 0.15) is 43.7 Å². The van der Waals surface area contributed by atoms with Crippen LogP contribution in [-0.4, -0.2) is 56.3 Å². The maximum atomic E-state index is 5.10. The van der Waals surface area contributed by atoms with E-state index in [0.29, 0.717) is 11.8 Å². The molecule has 0 radical (unpaired) electrons. The van der Waals surface area contributed by atoms with Crippen LogP contribution in [0, 0.1) is 5.92 Å². The molecule has 0 aromatic carbocycles. The van der Waals surface area contributed by atoms with Crippen molar-refractivity contribution in [3.63, 3.8) is 0 Å². The van der Waals surface area contributed by atoms with Crippen molar-refractivity contribution < 1.29 is 0 Å². The third kappa shape index (κ3) is 4.37. The Balaban J connectivity index is 1.31. The number of anilines is 1. The van der Waals surface area contributed by atoms with E-state index in [9.17, 15) is 0 Å². The van der Waals surface area contributed by atoms with Gasteiger partial charge in [0.1, 0.15) is 5.82 Å². The molecule has 3 aliphatic rings. The van der Waals surface area contributed by atoms with Crippen molar-refractivity contribution in [2.45, 2.75) is 38.0 Å². The Kier molecular flexibility index (Phi) is 6.11. The van der Waals surface area contributed by atoms with Crippen LogP contribution in [-0.2, 0) is 7.05 Å². The molecule has 1 atom stereocenters. The first-order valence-corrected chi connectivity index (χ1v) is 13.0. The summed E-state index contributed by atoms with van der Waals surface area (Å²) in [6.45, 7) is 4.23. The standard InChI is InChI=1S/C24H31N9S/c1-32-15-18(13-27-32)19-14-28-33-22(11-21(29-24(19)33)17-3-2-8-26-12-17)30-23-5-4-20(31-34-23)16-6-9-25-10-7-16/h5,11,13-17,25-26,30H,2-4,6-10,12H2,1H3. The SMILES string of the molecule is Cn1cc(-c2cnn3c(NC4=CCC(C5CCNCC5)=NS4)cc(C4CCCNC4)nc23)cn1. The topological polar surface area (TPSA) is 96.5 Å². The smallest absolute Gasteiger partial charge is 0.165 e. The summed E-state index contributed by atoms with van der Waals surface area (Å²) >= 11 is 1.55. The zero-order valence-electron chi connectivity index (χ0n) is 19.5. The van der Waals surface area contributed by atoms with Crippen LogP contribution < -0.4 is 16.0 Å². The van der Waals surface area contributed by atoms with Gasteiger partial charge in [-0.05, 0) is 51.4 Å². The van der Waals surface area contributed by atoms with Crippen molar-refractivity contribution in [1.82, 2.24) is 35.0 Å². The summed E-state index contributed by atoms with van der Waals surface area (Å²) in [5, 5.41) is 20.7. The second-order valence-electron chi connectivity index (χ2n) is 9.40. The average Bonchev–Trinajstić information content (AvgIpc) is 3.51. The summed E-state index contributed by atoms with van der Waals surface area (Å²) < 4.78 is 8.61. The normalized spacial score (nSPS) is 22.0. The fraction of sp³-hybridized carbons (Fsp3) is 0.500. The van der Waals surface area contributed by atoms with Crippen LogP contribution >= 0.6 is 11.9 Å². The molecule has 3 aromatic heterocycles. The predicted octanol–water partition coefficient (Wildman–Crippen LogP) is 3.34. The van der Waals surface area contributed by atoms with E-state index in [1.54, 1.807) is 11.9 Å². The summed E-state index contributed by atoms with van der Waals surface area (Å²) in [4.78, 5) is 5.10. The van der Waals surface area contributed by atoms with Gasteiger partial charge in [-0.25, -0.2) is 9.38 Å². The highest BCUT2D eigenvalue weighted by molar-refractivity contribution is 8.02. The fourth-order valence-electron chi connectivity index (χ4n) is 5.12. The van der Waals surface area contributed by atoms with Crippen LogP contribution in [0.3, 0.4) is 0 Å². The van der Waals surface area contributed by atoms with Crippen molar-refractivity contribution in [2.75, 3.05) is 31.5 Å². The molecule has 2 saturated heterocycles. The van der Waals surface area contributed by atoms with Gasteiger partial charge in [0.15, 0.2) is 5.65 Å². The van der Waals surface area contributed by atoms with E-state index in [1.807, 2.05) is 34.8 Å². The number of allylic oxidation sites excluding steroid dienone is 1. The molecule has 34 heavy (non-hydrogen) atoms. The number of fused-ring (bicyclic) bond motifs is 1. The molecule has 0 aliphatic carbocycles. The second kappa shape index (κ2) is 9.52. The first-order valence-electron chi connectivity index (χ1n) is 12.2. The van der Waals surface area contributed by atoms with Gasteiger partial charge in [-0.3, -0.25) is 4.68 Å².